The summed E-state index contributed by atoms with van der Waals surface area (Å²) in [4.78, 5) is 14.9. The monoisotopic (exact) mass is 529 g/mol. The topological polar surface area (TPSA) is 38.8 Å². The number of carbonyl (C=O) groups is 1. The Morgan fingerprint density at radius 2 is 1.97 bits per heavy atom. The molecule has 1 aliphatic rings. The van der Waals surface area contributed by atoms with Crippen LogP contribution in [0.2, 0.25) is 5.02 Å². The Kier molecular flexibility index (Phi) is 7.36. The van der Waals surface area contributed by atoms with Gasteiger partial charge in [-0.1, -0.05) is 60.7 Å². The number of nitrogens with zero attached hydrogens (tertiary/aromatic N) is 1. The number of ether oxygens (including phenoxy) is 2. The van der Waals surface area contributed by atoms with E-state index in [4.69, 9.17) is 21.1 Å². The zero-order valence-corrected chi connectivity index (χ0v) is 20.1. The standard InChI is InChI=1S/C26H22BrClFNO3/c1-2-14-32-23-11-8-18(28)15-21(23)25-20-9-10-22(29)24(27)19(20)12-13-30(25)26(31)33-16-17-6-4-3-5-7-17/h2-11,15,25H,1,12-14,16H2. The number of amides is 1. The summed E-state index contributed by atoms with van der Waals surface area (Å²) in [6, 6.07) is 17.3. The first-order chi connectivity index (χ1) is 16.0. The van der Waals surface area contributed by atoms with Gasteiger partial charge in [-0.15, -0.1) is 0 Å². The highest BCUT2D eigenvalue weighted by atomic mass is 79.9. The van der Waals surface area contributed by atoms with Crippen LogP contribution in [0.3, 0.4) is 0 Å². The van der Waals surface area contributed by atoms with Crippen molar-refractivity contribution >= 4 is 33.6 Å². The predicted octanol–water partition coefficient (Wildman–Crippen LogP) is 7.09. The van der Waals surface area contributed by atoms with Gasteiger partial charge in [0.15, 0.2) is 0 Å². The summed E-state index contributed by atoms with van der Waals surface area (Å²) in [5.41, 5.74) is 3.18. The summed E-state index contributed by atoms with van der Waals surface area (Å²) in [7, 11) is 0. The maximum Gasteiger partial charge on any atom is 0.410 e. The number of carbonyl (C=O) groups excluding carboxylic acids is 1. The number of halogens is 3. The van der Waals surface area contributed by atoms with Gasteiger partial charge in [-0.2, -0.15) is 0 Å². The van der Waals surface area contributed by atoms with E-state index in [0.717, 1.165) is 16.7 Å². The first-order valence-corrected chi connectivity index (χ1v) is 11.6. The third-order valence-corrected chi connectivity index (χ3v) is 6.60. The lowest BCUT2D eigenvalue weighted by Crippen LogP contribution is -2.41. The van der Waals surface area contributed by atoms with Gasteiger partial charge in [0, 0.05) is 17.1 Å². The maximum atomic E-state index is 14.3. The molecule has 1 heterocycles. The minimum absolute atomic E-state index is 0.151. The van der Waals surface area contributed by atoms with Crippen molar-refractivity contribution in [1.29, 1.82) is 0 Å². The van der Waals surface area contributed by atoms with Crippen molar-refractivity contribution in [2.24, 2.45) is 0 Å². The molecule has 1 amide bonds. The normalized spacial score (nSPS) is 15.0. The summed E-state index contributed by atoms with van der Waals surface area (Å²) < 4.78 is 26.2. The lowest BCUT2D eigenvalue weighted by atomic mass is 9.88. The molecule has 0 saturated carbocycles. The van der Waals surface area contributed by atoms with Crippen molar-refractivity contribution in [2.45, 2.75) is 19.1 Å². The van der Waals surface area contributed by atoms with Crippen molar-refractivity contribution in [3.05, 3.63) is 111 Å². The number of hydrogen-bond acceptors (Lipinski definition) is 3. The molecule has 7 heteroatoms. The van der Waals surface area contributed by atoms with E-state index in [2.05, 4.69) is 22.5 Å². The van der Waals surface area contributed by atoms with Gasteiger partial charge >= 0.3 is 6.09 Å². The predicted molar refractivity (Wildman–Crippen MR) is 130 cm³/mol. The molecule has 1 aliphatic heterocycles. The summed E-state index contributed by atoms with van der Waals surface area (Å²) in [6.45, 7) is 4.50. The Morgan fingerprint density at radius 3 is 2.73 bits per heavy atom. The van der Waals surface area contributed by atoms with Gasteiger partial charge in [0.2, 0.25) is 0 Å². The van der Waals surface area contributed by atoms with Gasteiger partial charge in [-0.05, 0) is 63.3 Å². The van der Waals surface area contributed by atoms with Crippen molar-refractivity contribution < 1.29 is 18.7 Å². The molecule has 1 atom stereocenters. The molecule has 0 spiro atoms. The third-order valence-electron chi connectivity index (χ3n) is 5.50. The number of fused-ring (bicyclic) bond motifs is 1. The van der Waals surface area contributed by atoms with E-state index < -0.39 is 12.1 Å². The fraction of sp³-hybridized carbons (Fsp3) is 0.192. The van der Waals surface area contributed by atoms with Crippen LogP contribution in [0.5, 0.6) is 5.75 Å². The van der Waals surface area contributed by atoms with E-state index in [-0.39, 0.29) is 12.4 Å². The van der Waals surface area contributed by atoms with Crippen LogP contribution in [0, 0.1) is 5.82 Å². The van der Waals surface area contributed by atoms with E-state index in [1.54, 1.807) is 35.2 Å². The molecule has 170 valence electrons. The fourth-order valence-corrected chi connectivity index (χ4v) is 4.73. The Morgan fingerprint density at radius 1 is 1.18 bits per heavy atom. The van der Waals surface area contributed by atoms with Gasteiger partial charge in [-0.3, -0.25) is 4.90 Å². The van der Waals surface area contributed by atoms with Crippen LogP contribution in [-0.2, 0) is 17.8 Å². The zero-order chi connectivity index (χ0) is 23.4. The van der Waals surface area contributed by atoms with Crippen LogP contribution < -0.4 is 4.74 Å². The number of hydrogen-bond donors (Lipinski definition) is 0. The van der Waals surface area contributed by atoms with Crippen molar-refractivity contribution in [3.63, 3.8) is 0 Å². The fourth-order valence-electron chi connectivity index (χ4n) is 3.99. The van der Waals surface area contributed by atoms with Gasteiger partial charge in [0.05, 0.1) is 10.5 Å². The van der Waals surface area contributed by atoms with E-state index in [9.17, 15) is 9.18 Å². The van der Waals surface area contributed by atoms with Crippen molar-refractivity contribution in [1.82, 2.24) is 4.90 Å². The van der Waals surface area contributed by atoms with Gasteiger partial charge in [-0.25, -0.2) is 9.18 Å². The smallest absolute Gasteiger partial charge is 0.410 e. The van der Waals surface area contributed by atoms with Crippen LogP contribution >= 0.6 is 27.5 Å². The molecule has 0 aliphatic carbocycles. The lowest BCUT2D eigenvalue weighted by Gasteiger charge is -2.38. The number of rotatable bonds is 6. The van der Waals surface area contributed by atoms with Crippen LogP contribution in [0.25, 0.3) is 0 Å². The molecule has 33 heavy (non-hydrogen) atoms. The van der Waals surface area contributed by atoms with Crippen LogP contribution in [0.4, 0.5) is 9.18 Å². The summed E-state index contributed by atoms with van der Waals surface area (Å²) in [5, 5.41) is 0.502. The van der Waals surface area contributed by atoms with Crippen LogP contribution in [-0.4, -0.2) is 24.1 Å². The highest BCUT2D eigenvalue weighted by Crippen LogP contribution is 2.43. The maximum absolute atomic E-state index is 14.3. The Hall–Kier alpha value is -2.83. The van der Waals surface area contributed by atoms with Crippen LogP contribution in [0.15, 0.2) is 77.8 Å². The molecule has 1 unspecified atom stereocenters. The minimum Gasteiger partial charge on any atom is -0.489 e. The molecular weight excluding hydrogens is 509 g/mol. The summed E-state index contributed by atoms with van der Waals surface area (Å²) in [6.07, 6.45) is 1.66. The first-order valence-electron chi connectivity index (χ1n) is 10.5. The molecular formula is C26H22BrClFNO3. The highest BCUT2D eigenvalue weighted by molar-refractivity contribution is 9.10. The molecule has 4 rings (SSSR count). The second-order valence-electron chi connectivity index (χ2n) is 7.60. The van der Waals surface area contributed by atoms with E-state index >= 15 is 0 Å². The largest absolute Gasteiger partial charge is 0.489 e. The minimum atomic E-state index is -0.563. The van der Waals surface area contributed by atoms with E-state index in [1.807, 2.05) is 30.3 Å². The molecule has 0 N–H and O–H groups in total. The molecule has 3 aromatic rings. The van der Waals surface area contributed by atoms with Gasteiger partial charge in [0.25, 0.3) is 0 Å². The molecule has 3 aromatic carbocycles. The van der Waals surface area contributed by atoms with E-state index in [0.29, 0.717) is 40.4 Å². The Labute approximate surface area is 205 Å². The summed E-state index contributed by atoms with van der Waals surface area (Å²) >= 11 is 9.72. The molecule has 0 bridgehead atoms. The Bertz CT molecular complexity index is 1170. The Balaban J connectivity index is 1.75. The molecule has 4 nitrogen and oxygen atoms in total. The second-order valence-corrected chi connectivity index (χ2v) is 8.83. The quantitative estimate of drug-likeness (QED) is 0.319. The zero-order valence-electron chi connectivity index (χ0n) is 17.8. The number of benzene rings is 3. The van der Waals surface area contributed by atoms with Gasteiger partial charge < -0.3 is 9.47 Å². The molecule has 0 aromatic heterocycles. The third kappa shape index (κ3) is 5.07. The SMILES string of the molecule is C=CCOc1ccc(Cl)cc1C1c2ccc(F)c(Br)c2CCN1C(=O)OCc1ccccc1. The lowest BCUT2D eigenvalue weighted by molar-refractivity contribution is 0.0831. The first kappa shape index (κ1) is 23.3. The molecule has 0 fully saturated rings. The van der Waals surface area contributed by atoms with Crippen molar-refractivity contribution in [2.75, 3.05) is 13.2 Å². The van der Waals surface area contributed by atoms with E-state index in [1.165, 1.54) is 6.07 Å². The van der Waals surface area contributed by atoms with Crippen molar-refractivity contribution in [3.8, 4) is 5.75 Å². The molecule has 0 saturated heterocycles. The second kappa shape index (κ2) is 10.4. The average Bonchev–Trinajstić information content (AvgIpc) is 2.84. The van der Waals surface area contributed by atoms with Crippen LogP contribution in [0.1, 0.15) is 28.3 Å². The average molecular weight is 531 g/mol. The van der Waals surface area contributed by atoms with Gasteiger partial charge in [0.1, 0.15) is 24.8 Å². The highest BCUT2D eigenvalue weighted by Gasteiger charge is 2.36. The summed E-state index contributed by atoms with van der Waals surface area (Å²) in [5.74, 6) is 0.222. The molecule has 0 radical (unpaired) electrons.